The molecule has 1 rings (SSSR count). The Labute approximate surface area is 121 Å². The van der Waals surface area contributed by atoms with Crippen molar-refractivity contribution in [3.05, 3.63) is 21.3 Å². The van der Waals surface area contributed by atoms with Crippen molar-refractivity contribution in [2.45, 2.75) is 32.9 Å². The number of nitrogens with zero attached hydrogens (tertiary/aromatic N) is 1. The predicted octanol–water partition coefficient (Wildman–Crippen LogP) is 2.80. The van der Waals surface area contributed by atoms with E-state index in [9.17, 15) is 9.59 Å². The van der Waals surface area contributed by atoms with E-state index in [1.807, 2.05) is 6.07 Å². The number of amides is 2. The van der Waals surface area contributed by atoms with Crippen molar-refractivity contribution in [2.75, 3.05) is 6.54 Å². The fourth-order valence-corrected chi connectivity index (χ4v) is 2.48. The average Bonchev–Trinajstić information content (AvgIpc) is 2.67. The summed E-state index contributed by atoms with van der Waals surface area (Å²) in [6.45, 7) is 5.37. The third-order valence-corrected chi connectivity index (χ3v) is 3.62. The molecule has 1 heterocycles. The minimum absolute atomic E-state index is 0.333. The average molecular weight is 305 g/mol. The quantitative estimate of drug-likeness (QED) is 0.898. The van der Waals surface area contributed by atoms with Gasteiger partial charge in [0.05, 0.1) is 10.9 Å². The number of rotatable bonds is 4. The highest BCUT2D eigenvalue weighted by Crippen LogP contribution is 2.21. The number of carbonyl (C=O) groups excluding carboxylic acids is 1. The monoisotopic (exact) mass is 304 g/mol. The highest BCUT2D eigenvalue weighted by atomic mass is 35.5. The van der Waals surface area contributed by atoms with Crippen LogP contribution < -0.4 is 5.32 Å². The molecule has 0 fully saturated rings. The van der Waals surface area contributed by atoms with Crippen LogP contribution in [0.5, 0.6) is 0 Å². The molecule has 1 aromatic heterocycles. The van der Waals surface area contributed by atoms with Gasteiger partial charge in [-0.2, -0.15) is 0 Å². The highest BCUT2D eigenvalue weighted by molar-refractivity contribution is 7.16. The summed E-state index contributed by atoms with van der Waals surface area (Å²) >= 11 is 7.18. The number of hydrogen-bond donors (Lipinski definition) is 2. The zero-order chi connectivity index (χ0) is 14.6. The molecule has 2 N–H and O–H groups in total. The minimum atomic E-state index is -1.04. The summed E-state index contributed by atoms with van der Waals surface area (Å²) < 4.78 is 0.655. The van der Waals surface area contributed by atoms with Crippen LogP contribution in [0.2, 0.25) is 4.34 Å². The van der Waals surface area contributed by atoms with Crippen LogP contribution in [0.4, 0.5) is 4.79 Å². The van der Waals surface area contributed by atoms with Gasteiger partial charge in [-0.1, -0.05) is 11.6 Å². The number of halogens is 1. The Kier molecular flexibility index (Phi) is 5.20. The molecule has 0 aliphatic heterocycles. The van der Waals surface area contributed by atoms with Crippen molar-refractivity contribution in [2.24, 2.45) is 0 Å². The van der Waals surface area contributed by atoms with Crippen LogP contribution in [0.25, 0.3) is 0 Å². The molecule has 0 atom stereocenters. The van der Waals surface area contributed by atoms with Crippen LogP contribution in [0.3, 0.4) is 0 Å². The summed E-state index contributed by atoms with van der Waals surface area (Å²) in [7, 11) is 0. The first-order valence-corrected chi connectivity index (χ1v) is 6.91. The summed E-state index contributed by atoms with van der Waals surface area (Å²) in [6.07, 6.45) is 0. The molecule has 19 heavy (non-hydrogen) atoms. The van der Waals surface area contributed by atoms with Crippen LogP contribution in [0.15, 0.2) is 12.1 Å². The molecule has 2 amide bonds. The van der Waals surface area contributed by atoms with E-state index < -0.39 is 17.5 Å². The Balaban J connectivity index is 2.64. The van der Waals surface area contributed by atoms with Gasteiger partial charge in [0.25, 0.3) is 0 Å². The van der Waals surface area contributed by atoms with Gasteiger partial charge in [-0.15, -0.1) is 11.3 Å². The number of carbonyl (C=O) groups is 2. The second-order valence-electron chi connectivity index (χ2n) is 5.02. The van der Waals surface area contributed by atoms with E-state index in [4.69, 9.17) is 16.7 Å². The summed E-state index contributed by atoms with van der Waals surface area (Å²) in [4.78, 5) is 25.0. The van der Waals surface area contributed by atoms with Crippen molar-refractivity contribution in [1.29, 1.82) is 0 Å². The first kappa shape index (κ1) is 15.8. The Morgan fingerprint density at radius 2 is 2.05 bits per heavy atom. The molecule has 0 spiro atoms. The maximum absolute atomic E-state index is 12.0. The number of nitrogens with one attached hydrogen (secondary N) is 1. The maximum atomic E-state index is 12.0. The third-order valence-electron chi connectivity index (χ3n) is 2.39. The van der Waals surface area contributed by atoms with Gasteiger partial charge in [0, 0.05) is 10.4 Å². The van der Waals surface area contributed by atoms with E-state index in [0.29, 0.717) is 10.9 Å². The van der Waals surface area contributed by atoms with E-state index in [-0.39, 0.29) is 6.54 Å². The second kappa shape index (κ2) is 6.25. The fourth-order valence-electron chi connectivity index (χ4n) is 1.45. The summed E-state index contributed by atoms with van der Waals surface area (Å²) in [5.41, 5.74) is -0.560. The molecule has 0 aromatic carbocycles. The molecule has 0 radical (unpaired) electrons. The summed E-state index contributed by atoms with van der Waals surface area (Å²) in [5, 5.41) is 11.5. The van der Waals surface area contributed by atoms with Gasteiger partial charge in [0.15, 0.2) is 0 Å². The lowest BCUT2D eigenvalue weighted by Gasteiger charge is -2.34. The molecule has 0 unspecified atom stereocenters. The van der Waals surface area contributed by atoms with E-state index >= 15 is 0 Å². The lowest BCUT2D eigenvalue weighted by Crippen LogP contribution is -2.52. The smallest absolute Gasteiger partial charge is 0.323 e. The van der Waals surface area contributed by atoms with E-state index in [0.717, 1.165) is 4.88 Å². The maximum Gasteiger partial charge on any atom is 0.323 e. The molecule has 0 aliphatic carbocycles. The number of aliphatic carboxylic acids is 1. The van der Waals surface area contributed by atoms with Crippen molar-refractivity contribution < 1.29 is 14.7 Å². The van der Waals surface area contributed by atoms with Gasteiger partial charge in [0.2, 0.25) is 0 Å². The zero-order valence-corrected chi connectivity index (χ0v) is 12.6. The SMILES string of the molecule is CC(C)(C)N(CC(=O)O)C(=O)NCc1ccc(Cl)s1. The topological polar surface area (TPSA) is 69.6 Å². The molecular weight excluding hydrogens is 288 g/mol. The lowest BCUT2D eigenvalue weighted by molar-refractivity contribution is -0.138. The van der Waals surface area contributed by atoms with Gasteiger partial charge < -0.3 is 15.3 Å². The minimum Gasteiger partial charge on any atom is -0.480 e. The third kappa shape index (κ3) is 5.08. The lowest BCUT2D eigenvalue weighted by atomic mass is 10.1. The molecular formula is C12H17ClN2O3S. The van der Waals surface area contributed by atoms with E-state index in [2.05, 4.69) is 5.32 Å². The summed E-state index contributed by atoms with van der Waals surface area (Å²) in [5.74, 6) is -1.04. The van der Waals surface area contributed by atoms with E-state index in [1.54, 1.807) is 26.8 Å². The Hall–Kier alpha value is -1.27. The highest BCUT2D eigenvalue weighted by Gasteiger charge is 2.28. The summed E-state index contributed by atoms with van der Waals surface area (Å²) in [6, 6.07) is 3.18. The van der Waals surface area contributed by atoms with Crippen LogP contribution >= 0.6 is 22.9 Å². The molecule has 0 aliphatic rings. The van der Waals surface area contributed by atoms with Crippen LogP contribution in [-0.4, -0.2) is 34.1 Å². The molecule has 7 heteroatoms. The van der Waals surface area contributed by atoms with Gasteiger partial charge >= 0.3 is 12.0 Å². The fraction of sp³-hybridized carbons (Fsp3) is 0.500. The number of hydrogen-bond acceptors (Lipinski definition) is 3. The predicted molar refractivity (Wildman–Crippen MR) is 75.7 cm³/mol. The molecule has 5 nitrogen and oxygen atoms in total. The normalized spacial score (nSPS) is 11.2. The van der Waals surface area contributed by atoms with Gasteiger partial charge in [-0.25, -0.2) is 4.79 Å². The van der Waals surface area contributed by atoms with Crippen molar-refractivity contribution >= 4 is 34.9 Å². The zero-order valence-electron chi connectivity index (χ0n) is 11.1. The Morgan fingerprint density at radius 3 is 2.47 bits per heavy atom. The number of thiophene rings is 1. The molecule has 0 saturated heterocycles. The second-order valence-corrected chi connectivity index (χ2v) is 6.81. The van der Waals surface area contributed by atoms with Gasteiger partial charge in [0.1, 0.15) is 6.54 Å². The van der Waals surface area contributed by atoms with E-state index in [1.165, 1.54) is 16.2 Å². The van der Waals surface area contributed by atoms with Crippen LogP contribution in [-0.2, 0) is 11.3 Å². The standard InChI is InChI=1S/C12H17ClN2O3S/c1-12(2,3)15(7-10(16)17)11(18)14-6-8-4-5-9(13)19-8/h4-5H,6-7H2,1-3H3,(H,14,18)(H,16,17). The van der Waals surface area contributed by atoms with Crippen molar-refractivity contribution in [3.63, 3.8) is 0 Å². The largest absolute Gasteiger partial charge is 0.480 e. The Morgan fingerprint density at radius 1 is 1.42 bits per heavy atom. The van der Waals surface area contributed by atoms with Gasteiger partial charge in [-0.05, 0) is 32.9 Å². The number of carboxylic acids is 1. The van der Waals surface area contributed by atoms with Crippen LogP contribution in [0.1, 0.15) is 25.6 Å². The first-order chi connectivity index (χ1) is 8.70. The first-order valence-electron chi connectivity index (χ1n) is 5.71. The Bertz CT molecular complexity index is 468. The molecule has 1 aromatic rings. The number of urea groups is 1. The molecule has 0 bridgehead atoms. The molecule has 0 saturated carbocycles. The van der Waals surface area contributed by atoms with Crippen molar-refractivity contribution in [1.82, 2.24) is 10.2 Å². The van der Waals surface area contributed by atoms with Gasteiger partial charge in [-0.3, -0.25) is 4.79 Å². The van der Waals surface area contributed by atoms with Crippen molar-refractivity contribution in [3.8, 4) is 0 Å². The van der Waals surface area contributed by atoms with Crippen LogP contribution in [0, 0.1) is 0 Å². The molecule has 106 valence electrons. The number of carboxylic acid groups (broad SMARTS) is 1.